The van der Waals surface area contributed by atoms with Gasteiger partial charge >= 0.3 is 16.1 Å². The molecule has 0 aromatic heterocycles. The van der Waals surface area contributed by atoms with Crippen LogP contribution in [0.1, 0.15) is 11.1 Å². The molecule has 1 heterocycles. The maximum Gasteiger partial charge on any atom is 0.368 e. The van der Waals surface area contributed by atoms with E-state index in [2.05, 4.69) is 21.1 Å². The fraction of sp³-hybridized carbons (Fsp3) is 0. The van der Waals surface area contributed by atoms with Gasteiger partial charge in [-0.2, -0.15) is 8.42 Å². The normalized spacial score (nSPS) is 15.0. The van der Waals surface area contributed by atoms with Crippen LogP contribution >= 0.6 is 15.9 Å². The van der Waals surface area contributed by atoms with Gasteiger partial charge in [-0.05, 0) is 36.4 Å². The minimum Gasteiger partial charge on any atom is -0.378 e. The zero-order valence-corrected chi connectivity index (χ0v) is 17.8. The number of carbonyl (C=O) groups excluding carboxylic acids is 1. The molecule has 0 saturated heterocycles. The third-order valence-corrected chi connectivity index (χ3v) is 5.99. The van der Waals surface area contributed by atoms with Crippen LogP contribution in [0.15, 0.2) is 99.0 Å². The standard InChI is InChI=1S/C22H14BrNO5S/c23-17-11-12-20(29-30(26,27)18-9-5-2-6-10-18)16(13-17)14-19-21(24-28-22(19)25)15-7-3-1-4-8-15/h1-14H/b19-14-. The number of oxime groups is 1. The fourth-order valence-corrected chi connectivity index (χ4v) is 4.18. The second kappa shape index (κ2) is 8.25. The third kappa shape index (κ3) is 4.19. The van der Waals surface area contributed by atoms with Crippen LogP contribution < -0.4 is 4.18 Å². The average molecular weight is 484 g/mol. The molecule has 0 N–H and O–H groups in total. The van der Waals surface area contributed by atoms with Gasteiger partial charge in [0, 0.05) is 15.6 Å². The molecule has 1 aliphatic heterocycles. The molecule has 3 aromatic rings. The molecular weight excluding hydrogens is 470 g/mol. The van der Waals surface area contributed by atoms with Crippen molar-refractivity contribution < 1.29 is 22.2 Å². The number of carbonyl (C=O) groups is 1. The molecule has 0 unspecified atom stereocenters. The maximum absolute atomic E-state index is 12.7. The van der Waals surface area contributed by atoms with Crippen molar-refractivity contribution in [2.45, 2.75) is 4.90 Å². The van der Waals surface area contributed by atoms with E-state index in [1.54, 1.807) is 42.5 Å². The molecule has 0 spiro atoms. The highest BCUT2D eigenvalue weighted by Crippen LogP contribution is 2.30. The molecule has 1 aliphatic rings. The van der Waals surface area contributed by atoms with Crippen LogP contribution in [0.4, 0.5) is 0 Å². The Kier molecular flexibility index (Phi) is 5.52. The highest BCUT2D eigenvalue weighted by atomic mass is 79.9. The van der Waals surface area contributed by atoms with E-state index >= 15 is 0 Å². The topological polar surface area (TPSA) is 82.0 Å². The molecule has 0 atom stereocenters. The van der Waals surface area contributed by atoms with Gasteiger partial charge in [-0.3, -0.25) is 0 Å². The highest BCUT2D eigenvalue weighted by Gasteiger charge is 2.27. The Hall–Kier alpha value is -3.23. The van der Waals surface area contributed by atoms with Crippen molar-refractivity contribution in [2.24, 2.45) is 5.16 Å². The van der Waals surface area contributed by atoms with Crippen LogP contribution in [0, 0.1) is 0 Å². The summed E-state index contributed by atoms with van der Waals surface area (Å²) in [6.07, 6.45) is 1.50. The van der Waals surface area contributed by atoms with E-state index < -0.39 is 16.1 Å². The third-order valence-electron chi connectivity index (χ3n) is 4.25. The van der Waals surface area contributed by atoms with Crippen molar-refractivity contribution in [2.75, 3.05) is 0 Å². The van der Waals surface area contributed by atoms with E-state index in [1.165, 1.54) is 24.3 Å². The number of benzene rings is 3. The van der Waals surface area contributed by atoms with Gasteiger partial charge in [0.05, 0.1) is 5.57 Å². The zero-order valence-electron chi connectivity index (χ0n) is 15.4. The summed E-state index contributed by atoms with van der Waals surface area (Å²) in [5.74, 6) is -0.563. The van der Waals surface area contributed by atoms with Crippen LogP contribution in [0.25, 0.3) is 6.08 Å². The fourth-order valence-electron chi connectivity index (χ4n) is 2.83. The molecule has 3 aromatic carbocycles. The minimum atomic E-state index is -4.05. The molecule has 150 valence electrons. The largest absolute Gasteiger partial charge is 0.378 e. The molecule has 8 heteroatoms. The summed E-state index contributed by atoms with van der Waals surface area (Å²) in [5, 5.41) is 3.87. The van der Waals surface area contributed by atoms with E-state index in [-0.39, 0.29) is 16.2 Å². The van der Waals surface area contributed by atoms with Crippen LogP contribution in [0.2, 0.25) is 0 Å². The Bertz CT molecular complexity index is 1270. The quantitative estimate of drug-likeness (QED) is 0.301. The lowest BCUT2D eigenvalue weighted by Gasteiger charge is -2.10. The van der Waals surface area contributed by atoms with Gasteiger partial charge in [-0.25, -0.2) is 4.79 Å². The number of hydrogen-bond acceptors (Lipinski definition) is 6. The number of rotatable bonds is 5. The van der Waals surface area contributed by atoms with Crippen LogP contribution in [-0.4, -0.2) is 20.1 Å². The minimum absolute atomic E-state index is 0.0262. The summed E-state index contributed by atoms with van der Waals surface area (Å²) in [4.78, 5) is 17.2. The SMILES string of the molecule is O=C1ON=C(c2ccccc2)/C1=C/c1cc(Br)ccc1OS(=O)(=O)c1ccccc1. The summed E-state index contributed by atoms with van der Waals surface area (Å²) in [6.45, 7) is 0. The van der Waals surface area contributed by atoms with Gasteiger partial charge in [0.1, 0.15) is 16.4 Å². The number of halogens is 1. The summed E-state index contributed by atoms with van der Waals surface area (Å²) < 4.78 is 31.4. The van der Waals surface area contributed by atoms with Crippen LogP contribution in [0.5, 0.6) is 5.75 Å². The first-order valence-corrected chi connectivity index (χ1v) is 11.0. The highest BCUT2D eigenvalue weighted by molar-refractivity contribution is 9.10. The molecule has 0 saturated carbocycles. The van der Waals surface area contributed by atoms with Crippen LogP contribution in [-0.2, 0) is 19.8 Å². The van der Waals surface area contributed by atoms with Gasteiger partial charge in [0.25, 0.3) is 0 Å². The molecular formula is C22H14BrNO5S. The number of nitrogens with zero attached hydrogens (tertiary/aromatic N) is 1. The molecule has 0 amide bonds. The Balaban J connectivity index is 1.76. The molecule has 6 nitrogen and oxygen atoms in total. The lowest BCUT2D eigenvalue weighted by molar-refractivity contribution is -0.136. The van der Waals surface area contributed by atoms with E-state index in [0.717, 1.165) is 0 Å². The summed E-state index contributed by atoms with van der Waals surface area (Å²) in [5.41, 5.74) is 1.63. The van der Waals surface area contributed by atoms with Gasteiger partial charge < -0.3 is 9.02 Å². The van der Waals surface area contributed by atoms with E-state index in [1.807, 2.05) is 18.2 Å². The first kappa shape index (κ1) is 20.1. The first-order chi connectivity index (χ1) is 14.4. The molecule has 0 radical (unpaired) electrons. The summed E-state index contributed by atoms with van der Waals surface area (Å²) in [6, 6.07) is 21.7. The number of hydrogen-bond donors (Lipinski definition) is 0. The van der Waals surface area contributed by atoms with Crippen molar-refractivity contribution in [3.63, 3.8) is 0 Å². The summed E-state index contributed by atoms with van der Waals surface area (Å²) >= 11 is 3.36. The van der Waals surface area contributed by atoms with Gasteiger partial charge in [0.15, 0.2) is 0 Å². The van der Waals surface area contributed by atoms with Crippen molar-refractivity contribution in [3.05, 3.63) is 100 Å². The molecule has 4 rings (SSSR count). The molecule has 30 heavy (non-hydrogen) atoms. The lowest BCUT2D eigenvalue weighted by atomic mass is 10.0. The van der Waals surface area contributed by atoms with Crippen molar-refractivity contribution in [3.8, 4) is 5.75 Å². The Morgan fingerprint density at radius 2 is 1.60 bits per heavy atom. The Morgan fingerprint density at radius 1 is 0.933 bits per heavy atom. The maximum atomic E-state index is 12.7. The van der Waals surface area contributed by atoms with Gasteiger partial charge in [-0.1, -0.05) is 69.6 Å². The second-order valence-corrected chi connectivity index (χ2v) is 8.74. The van der Waals surface area contributed by atoms with Crippen LogP contribution in [0.3, 0.4) is 0 Å². The molecule has 0 fully saturated rings. The van der Waals surface area contributed by atoms with Gasteiger partial charge in [0.2, 0.25) is 0 Å². The zero-order chi connectivity index (χ0) is 21.1. The van der Waals surface area contributed by atoms with Crippen molar-refractivity contribution in [1.29, 1.82) is 0 Å². The van der Waals surface area contributed by atoms with Crippen molar-refractivity contribution in [1.82, 2.24) is 0 Å². The average Bonchev–Trinajstić information content (AvgIpc) is 3.11. The summed E-state index contributed by atoms with van der Waals surface area (Å²) in [7, 11) is -4.05. The monoisotopic (exact) mass is 483 g/mol. The molecule has 0 aliphatic carbocycles. The predicted octanol–water partition coefficient (Wildman–Crippen LogP) is 4.56. The van der Waals surface area contributed by atoms with Crippen molar-refractivity contribution >= 4 is 43.8 Å². The second-order valence-electron chi connectivity index (χ2n) is 6.28. The first-order valence-electron chi connectivity index (χ1n) is 8.80. The predicted molar refractivity (Wildman–Crippen MR) is 115 cm³/mol. The Labute approximate surface area is 181 Å². The molecule has 0 bridgehead atoms. The Morgan fingerprint density at radius 3 is 2.30 bits per heavy atom. The van der Waals surface area contributed by atoms with E-state index in [4.69, 9.17) is 9.02 Å². The van der Waals surface area contributed by atoms with E-state index in [0.29, 0.717) is 21.3 Å². The van der Waals surface area contributed by atoms with E-state index in [9.17, 15) is 13.2 Å². The van der Waals surface area contributed by atoms with Gasteiger partial charge in [-0.15, -0.1) is 0 Å². The lowest BCUT2D eigenvalue weighted by Crippen LogP contribution is -2.11. The smallest absolute Gasteiger partial charge is 0.368 e.